The van der Waals surface area contributed by atoms with Crippen molar-refractivity contribution in [1.29, 1.82) is 5.26 Å². The summed E-state index contributed by atoms with van der Waals surface area (Å²) in [6.45, 7) is 0. The molecule has 2 atom stereocenters. The van der Waals surface area contributed by atoms with E-state index in [0.29, 0.717) is 29.0 Å². The minimum absolute atomic E-state index is 0.205. The van der Waals surface area contributed by atoms with E-state index in [1.54, 1.807) is 6.20 Å². The summed E-state index contributed by atoms with van der Waals surface area (Å²) in [5.41, 5.74) is 8.36. The molecule has 2 heterocycles. The van der Waals surface area contributed by atoms with Crippen LogP contribution >= 0.6 is 0 Å². The van der Waals surface area contributed by atoms with E-state index >= 15 is 0 Å². The smallest absolute Gasteiger partial charge is 0.223 e. The molecule has 0 unspecified atom stereocenters. The molecule has 2 aromatic heterocycles. The molecule has 0 amide bonds. The van der Waals surface area contributed by atoms with Gasteiger partial charge in [0.15, 0.2) is 0 Å². The van der Waals surface area contributed by atoms with Crippen LogP contribution in [0.15, 0.2) is 36.5 Å². The van der Waals surface area contributed by atoms with Gasteiger partial charge in [-0.25, -0.2) is 0 Å². The highest BCUT2D eigenvalue weighted by Crippen LogP contribution is 2.35. The Balaban J connectivity index is 1.61. The van der Waals surface area contributed by atoms with Gasteiger partial charge >= 0.3 is 0 Å². The second-order valence-corrected chi connectivity index (χ2v) is 6.58. The number of nitrogens with two attached hydrogens (primary N) is 1. The second-order valence-electron chi connectivity index (χ2n) is 6.58. The summed E-state index contributed by atoms with van der Waals surface area (Å²) in [5.74, 6) is 1.40. The van der Waals surface area contributed by atoms with Crippen molar-refractivity contribution in [2.45, 2.75) is 37.6 Å². The van der Waals surface area contributed by atoms with E-state index < -0.39 is 0 Å². The molecule has 1 aliphatic rings. The first kappa shape index (κ1) is 15.5. The largest absolute Gasteiger partial charge is 0.368 e. The lowest BCUT2D eigenvalue weighted by atomic mass is 9.81. The molecule has 0 saturated heterocycles. The van der Waals surface area contributed by atoms with Crippen molar-refractivity contribution in [3.05, 3.63) is 47.7 Å². The third kappa shape index (κ3) is 3.01. The van der Waals surface area contributed by atoms with Crippen molar-refractivity contribution >= 4 is 22.8 Å². The number of benzene rings is 1. The van der Waals surface area contributed by atoms with Crippen LogP contribution in [0.25, 0.3) is 11.0 Å². The van der Waals surface area contributed by atoms with Crippen LogP contribution in [0.3, 0.4) is 0 Å². The highest BCUT2D eigenvalue weighted by molar-refractivity contribution is 5.93. The van der Waals surface area contributed by atoms with Gasteiger partial charge in [-0.2, -0.15) is 15.2 Å². The van der Waals surface area contributed by atoms with E-state index in [0.717, 1.165) is 18.2 Å². The number of rotatable bonds is 3. The van der Waals surface area contributed by atoms with E-state index in [-0.39, 0.29) is 5.95 Å². The number of H-pyrrole nitrogens is 1. The van der Waals surface area contributed by atoms with Gasteiger partial charge in [0, 0.05) is 12.2 Å². The molecule has 1 fully saturated rings. The summed E-state index contributed by atoms with van der Waals surface area (Å²) in [4.78, 5) is 11.5. The summed E-state index contributed by atoms with van der Waals surface area (Å²) in [6.07, 6.45) is 6.15. The van der Waals surface area contributed by atoms with Crippen molar-refractivity contribution in [2.75, 3.05) is 11.1 Å². The van der Waals surface area contributed by atoms with Gasteiger partial charge < -0.3 is 16.0 Å². The quantitative estimate of drug-likeness (QED) is 0.680. The van der Waals surface area contributed by atoms with Gasteiger partial charge in [-0.1, -0.05) is 36.8 Å². The number of fused-ring (bicyclic) bond motifs is 1. The van der Waals surface area contributed by atoms with Gasteiger partial charge in [-0.05, 0) is 30.7 Å². The lowest BCUT2D eigenvalue weighted by Crippen LogP contribution is -2.27. The standard InChI is InChI=1S/C19H20N6/c20-10-14-11-22-17-16(14)18(25-19(21)24-17)23-15-8-4-7-13(9-15)12-5-2-1-3-6-12/h1-3,5-6,11,13,15H,4,7-9H2,(H4,21,22,23,24,25)/t13-,15-/m0/s1. The molecule has 0 radical (unpaired) electrons. The molecule has 1 saturated carbocycles. The Bertz CT molecular complexity index is 924. The summed E-state index contributed by atoms with van der Waals surface area (Å²) in [7, 11) is 0. The van der Waals surface area contributed by atoms with Crippen LogP contribution in [0.1, 0.15) is 42.7 Å². The summed E-state index contributed by atoms with van der Waals surface area (Å²) in [5, 5.41) is 13.6. The number of nitriles is 1. The Kier molecular flexibility index (Phi) is 3.98. The fourth-order valence-corrected chi connectivity index (χ4v) is 3.79. The summed E-state index contributed by atoms with van der Waals surface area (Å²) < 4.78 is 0. The Morgan fingerprint density at radius 2 is 2.04 bits per heavy atom. The fourth-order valence-electron chi connectivity index (χ4n) is 3.79. The normalized spacial score (nSPS) is 20.3. The van der Waals surface area contributed by atoms with Crippen LogP contribution in [-0.4, -0.2) is 21.0 Å². The first-order chi connectivity index (χ1) is 12.2. The predicted molar refractivity (Wildman–Crippen MR) is 98.1 cm³/mol. The third-order valence-corrected chi connectivity index (χ3v) is 4.96. The van der Waals surface area contributed by atoms with Crippen molar-refractivity contribution in [3.8, 4) is 6.07 Å². The van der Waals surface area contributed by atoms with Gasteiger partial charge in [-0.3, -0.25) is 0 Å². The van der Waals surface area contributed by atoms with Gasteiger partial charge in [0.25, 0.3) is 0 Å². The number of nitrogens with one attached hydrogen (secondary N) is 2. The zero-order valence-electron chi connectivity index (χ0n) is 13.9. The number of anilines is 2. The average Bonchev–Trinajstić information content (AvgIpc) is 3.06. The molecule has 0 aliphatic heterocycles. The number of hydrogen-bond donors (Lipinski definition) is 3. The van der Waals surface area contributed by atoms with Crippen molar-refractivity contribution < 1.29 is 0 Å². The average molecular weight is 332 g/mol. The van der Waals surface area contributed by atoms with E-state index in [1.165, 1.54) is 18.4 Å². The molecule has 1 aliphatic carbocycles. The molecule has 3 aromatic rings. The lowest BCUT2D eigenvalue weighted by molar-refractivity contribution is 0.410. The molecule has 0 spiro atoms. The third-order valence-electron chi connectivity index (χ3n) is 4.96. The number of nitrogen functional groups attached to an aromatic ring is 1. The maximum atomic E-state index is 9.33. The van der Waals surface area contributed by atoms with Gasteiger partial charge in [0.1, 0.15) is 17.5 Å². The first-order valence-electron chi connectivity index (χ1n) is 8.61. The molecule has 0 bridgehead atoms. The van der Waals surface area contributed by atoms with Gasteiger partial charge in [0.05, 0.1) is 10.9 Å². The van der Waals surface area contributed by atoms with Crippen LogP contribution in [0.4, 0.5) is 11.8 Å². The Morgan fingerprint density at radius 1 is 1.20 bits per heavy atom. The minimum atomic E-state index is 0.205. The van der Waals surface area contributed by atoms with E-state index in [9.17, 15) is 5.26 Å². The monoisotopic (exact) mass is 332 g/mol. The number of nitrogens with zero attached hydrogens (tertiary/aromatic N) is 3. The van der Waals surface area contributed by atoms with Crippen LogP contribution in [0.2, 0.25) is 0 Å². The van der Waals surface area contributed by atoms with E-state index in [2.05, 4.69) is 56.7 Å². The molecule has 1 aromatic carbocycles. The van der Waals surface area contributed by atoms with Crippen LogP contribution in [0.5, 0.6) is 0 Å². The molecule has 6 nitrogen and oxygen atoms in total. The Morgan fingerprint density at radius 3 is 2.84 bits per heavy atom. The SMILES string of the molecule is N#Cc1c[nH]c2nc(N)nc(N[C@H]3CCC[C@H](c4ccccc4)C3)c12. The van der Waals surface area contributed by atoms with Crippen molar-refractivity contribution in [2.24, 2.45) is 0 Å². The Hall–Kier alpha value is -3.07. The number of aromatic nitrogens is 3. The molecular formula is C19H20N6. The van der Waals surface area contributed by atoms with Crippen molar-refractivity contribution in [3.63, 3.8) is 0 Å². The van der Waals surface area contributed by atoms with Crippen molar-refractivity contribution in [1.82, 2.24) is 15.0 Å². The topological polar surface area (TPSA) is 103 Å². The lowest BCUT2D eigenvalue weighted by Gasteiger charge is -2.30. The molecule has 25 heavy (non-hydrogen) atoms. The molecule has 4 N–H and O–H groups in total. The molecule has 126 valence electrons. The molecule has 4 rings (SSSR count). The first-order valence-corrected chi connectivity index (χ1v) is 8.61. The van der Waals surface area contributed by atoms with Crippen LogP contribution < -0.4 is 11.1 Å². The minimum Gasteiger partial charge on any atom is -0.368 e. The highest BCUT2D eigenvalue weighted by atomic mass is 15.1. The Labute approximate surface area is 146 Å². The van der Waals surface area contributed by atoms with Gasteiger partial charge in [-0.15, -0.1) is 0 Å². The highest BCUT2D eigenvalue weighted by Gasteiger charge is 2.24. The second kappa shape index (κ2) is 6.44. The molecule has 6 heteroatoms. The maximum Gasteiger partial charge on any atom is 0.223 e. The summed E-state index contributed by atoms with van der Waals surface area (Å²) in [6, 6.07) is 13.1. The predicted octanol–water partition coefficient (Wildman–Crippen LogP) is 3.55. The van der Waals surface area contributed by atoms with E-state index in [4.69, 9.17) is 5.73 Å². The van der Waals surface area contributed by atoms with Crippen LogP contribution in [-0.2, 0) is 0 Å². The van der Waals surface area contributed by atoms with Crippen LogP contribution in [0, 0.1) is 11.3 Å². The van der Waals surface area contributed by atoms with Gasteiger partial charge in [0.2, 0.25) is 5.95 Å². The maximum absolute atomic E-state index is 9.33. The fraction of sp³-hybridized carbons (Fsp3) is 0.316. The van der Waals surface area contributed by atoms with E-state index in [1.807, 2.05) is 0 Å². The number of aromatic amines is 1. The zero-order valence-corrected chi connectivity index (χ0v) is 13.9. The zero-order chi connectivity index (χ0) is 17.2. The molecular weight excluding hydrogens is 312 g/mol. The summed E-state index contributed by atoms with van der Waals surface area (Å²) >= 11 is 0. The number of hydrogen-bond acceptors (Lipinski definition) is 5.